The summed E-state index contributed by atoms with van der Waals surface area (Å²) in [6, 6.07) is 0.323. The van der Waals surface area contributed by atoms with Gasteiger partial charge in [-0.25, -0.2) is 0 Å². The van der Waals surface area contributed by atoms with Crippen LogP contribution in [0.4, 0.5) is 0 Å². The Balaban J connectivity index is 2.76. The first-order chi connectivity index (χ1) is 9.06. The van der Waals surface area contributed by atoms with Gasteiger partial charge in [0, 0.05) is 6.04 Å². The molecule has 0 heterocycles. The predicted molar refractivity (Wildman–Crippen MR) is 84.1 cm³/mol. The third-order valence-electron chi connectivity index (χ3n) is 4.20. The van der Waals surface area contributed by atoms with Gasteiger partial charge in [-0.15, -0.1) is 0 Å². The highest BCUT2D eigenvalue weighted by Crippen LogP contribution is 2.32. The van der Waals surface area contributed by atoms with Crippen molar-refractivity contribution >= 4 is 23.1 Å². The molecule has 1 rings (SSSR count). The smallest absolute Gasteiger partial charge is 0.233 e. The molecule has 1 amide bonds. The zero-order valence-electron chi connectivity index (χ0n) is 12.3. The van der Waals surface area contributed by atoms with Gasteiger partial charge in [0.2, 0.25) is 5.91 Å². The van der Waals surface area contributed by atoms with Gasteiger partial charge in [0.05, 0.1) is 10.4 Å². The highest BCUT2D eigenvalue weighted by atomic mass is 32.1. The van der Waals surface area contributed by atoms with Crippen molar-refractivity contribution in [3.63, 3.8) is 0 Å². The Bertz CT molecular complexity index is 305. The van der Waals surface area contributed by atoms with E-state index in [2.05, 4.69) is 19.2 Å². The van der Waals surface area contributed by atoms with Crippen LogP contribution in [0.5, 0.6) is 0 Å². The lowest BCUT2D eigenvalue weighted by Gasteiger charge is -2.34. The first-order valence-corrected chi connectivity index (χ1v) is 8.08. The lowest BCUT2D eigenvalue weighted by molar-refractivity contribution is -0.129. The van der Waals surface area contributed by atoms with Gasteiger partial charge in [-0.05, 0) is 25.7 Å². The molecule has 0 aliphatic heterocycles. The molecule has 19 heavy (non-hydrogen) atoms. The van der Waals surface area contributed by atoms with E-state index in [9.17, 15) is 4.79 Å². The van der Waals surface area contributed by atoms with Gasteiger partial charge in [-0.2, -0.15) is 0 Å². The van der Waals surface area contributed by atoms with Crippen LogP contribution in [-0.4, -0.2) is 16.9 Å². The minimum Gasteiger partial charge on any atom is -0.392 e. The third kappa shape index (κ3) is 4.16. The van der Waals surface area contributed by atoms with Gasteiger partial charge in [0.25, 0.3) is 0 Å². The maximum atomic E-state index is 12.7. The van der Waals surface area contributed by atoms with Gasteiger partial charge < -0.3 is 11.1 Å². The number of nitrogens with two attached hydrogens (primary N) is 1. The van der Waals surface area contributed by atoms with Crippen molar-refractivity contribution in [1.82, 2.24) is 5.32 Å². The topological polar surface area (TPSA) is 55.1 Å². The van der Waals surface area contributed by atoms with Crippen LogP contribution >= 0.6 is 12.2 Å². The fourth-order valence-corrected chi connectivity index (χ4v) is 3.43. The van der Waals surface area contributed by atoms with Crippen molar-refractivity contribution in [2.24, 2.45) is 11.1 Å². The number of nitrogens with one attached hydrogen (secondary N) is 1. The van der Waals surface area contributed by atoms with Crippen molar-refractivity contribution in [1.29, 1.82) is 0 Å². The summed E-state index contributed by atoms with van der Waals surface area (Å²) >= 11 is 5.22. The van der Waals surface area contributed by atoms with Crippen molar-refractivity contribution < 1.29 is 4.79 Å². The Labute approximate surface area is 122 Å². The van der Waals surface area contributed by atoms with E-state index in [1.54, 1.807) is 0 Å². The molecule has 1 aliphatic rings. The van der Waals surface area contributed by atoms with E-state index in [-0.39, 0.29) is 5.91 Å². The van der Waals surface area contributed by atoms with Crippen LogP contribution in [0.3, 0.4) is 0 Å². The highest BCUT2D eigenvalue weighted by Gasteiger charge is 2.40. The molecule has 0 unspecified atom stereocenters. The molecule has 3 nitrogen and oxygen atoms in total. The van der Waals surface area contributed by atoms with E-state index >= 15 is 0 Å². The van der Waals surface area contributed by atoms with Crippen LogP contribution < -0.4 is 11.1 Å². The highest BCUT2D eigenvalue weighted by molar-refractivity contribution is 7.80. The normalized spacial score (nSPS) is 17.2. The van der Waals surface area contributed by atoms with E-state index in [1.165, 1.54) is 19.3 Å². The van der Waals surface area contributed by atoms with Crippen molar-refractivity contribution in [3.8, 4) is 0 Å². The molecule has 0 bridgehead atoms. The molecule has 0 radical (unpaired) electrons. The number of hydrogen-bond acceptors (Lipinski definition) is 2. The second kappa shape index (κ2) is 7.83. The summed E-state index contributed by atoms with van der Waals surface area (Å²) in [7, 11) is 0. The molecule has 0 aromatic rings. The molecule has 0 aromatic carbocycles. The van der Waals surface area contributed by atoms with Crippen molar-refractivity contribution in [2.75, 3.05) is 0 Å². The zero-order chi connectivity index (χ0) is 14.3. The van der Waals surface area contributed by atoms with Gasteiger partial charge in [0.1, 0.15) is 0 Å². The Hall–Kier alpha value is -0.640. The quantitative estimate of drug-likeness (QED) is 0.705. The van der Waals surface area contributed by atoms with Crippen LogP contribution in [-0.2, 0) is 4.79 Å². The molecular weight excluding hydrogens is 256 g/mol. The minimum atomic E-state index is -0.629. The van der Waals surface area contributed by atoms with Gasteiger partial charge in [-0.3, -0.25) is 4.79 Å². The van der Waals surface area contributed by atoms with Gasteiger partial charge in [-0.1, -0.05) is 58.2 Å². The second-order valence-corrected chi connectivity index (χ2v) is 6.19. The molecule has 0 spiro atoms. The summed E-state index contributed by atoms with van der Waals surface area (Å²) in [5.41, 5.74) is 5.29. The van der Waals surface area contributed by atoms with Crippen LogP contribution in [0.2, 0.25) is 0 Å². The largest absolute Gasteiger partial charge is 0.392 e. The molecule has 0 saturated heterocycles. The van der Waals surface area contributed by atoms with Crippen LogP contribution in [0.1, 0.15) is 71.6 Å². The average molecular weight is 284 g/mol. The predicted octanol–water partition coefficient (Wildman–Crippen LogP) is 3.31. The molecule has 110 valence electrons. The number of rotatable bonds is 7. The van der Waals surface area contributed by atoms with Crippen LogP contribution in [0, 0.1) is 5.41 Å². The van der Waals surface area contributed by atoms with Gasteiger partial charge in [0.15, 0.2) is 0 Å². The monoisotopic (exact) mass is 284 g/mol. The first kappa shape index (κ1) is 16.4. The standard InChI is InChI=1S/C15H28N2OS/c1-3-10-15(11-4-2,13(16)19)14(18)17-12-8-6-5-7-9-12/h12H,3-11H2,1-2H3,(H2,16,19)(H,17,18). The lowest BCUT2D eigenvalue weighted by Crippen LogP contribution is -2.52. The summed E-state index contributed by atoms with van der Waals surface area (Å²) in [5, 5.41) is 3.20. The van der Waals surface area contributed by atoms with Crippen molar-refractivity contribution in [3.05, 3.63) is 0 Å². The minimum absolute atomic E-state index is 0.0654. The van der Waals surface area contributed by atoms with Gasteiger partial charge >= 0.3 is 0 Å². The summed E-state index contributed by atoms with van der Waals surface area (Å²) in [5.74, 6) is 0.0654. The lowest BCUT2D eigenvalue weighted by atomic mass is 9.77. The molecule has 1 saturated carbocycles. The number of amides is 1. The summed E-state index contributed by atoms with van der Waals surface area (Å²) in [4.78, 5) is 13.0. The van der Waals surface area contributed by atoms with E-state index in [1.807, 2.05) is 0 Å². The summed E-state index contributed by atoms with van der Waals surface area (Å²) in [6.07, 6.45) is 9.28. The molecular formula is C15H28N2OS. The van der Waals surface area contributed by atoms with E-state index in [0.717, 1.165) is 38.5 Å². The maximum absolute atomic E-state index is 12.7. The average Bonchev–Trinajstić information content (AvgIpc) is 2.39. The Morgan fingerprint density at radius 1 is 1.21 bits per heavy atom. The fourth-order valence-electron chi connectivity index (χ4n) is 3.13. The van der Waals surface area contributed by atoms with E-state index in [4.69, 9.17) is 18.0 Å². The molecule has 1 aliphatic carbocycles. The Morgan fingerprint density at radius 2 is 1.74 bits per heavy atom. The number of carbonyl (C=O) groups is 1. The number of carbonyl (C=O) groups excluding carboxylic acids is 1. The Morgan fingerprint density at radius 3 is 2.16 bits per heavy atom. The van der Waals surface area contributed by atoms with Crippen molar-refractivity contribution in [2.45, 2.75) is 77.7 Å². The fraction of sp³-hybridized carbons (Fsp3) is 0.867. The zero-order valence-corrected chi connectivity index (χ0v) is 13.2. The molecule has 0 aromatic heterocycles. The molecule has 0 atom stereocenters. The molecule has 4 heteroatoms. The van der Waals surface area contributed by atoms with Crippen LogP contribution in [0.15, 0.2) is 0 Å². The van der Waals surface area contributed by atoms with Crippen LogP contribution in [0.25, 0.3) is 0 Å². The second-order valence-electron chi connectivity index (χ2n) is 5.75. The first-order valence-electron chi connectivity index (χ1n) is 7.67. The SMILES string of the molecule is CCCC(CCC)(C(=O)NC1CCCCC1)C(N)=S. The molecule has 3 N–H and O–H groups in total. The summed E-state index contributed by atoms with van der Waals surface area (Å²) < 4.78 is 0. The number of thiocarbonyl (C=S) groups is 1. The summed E-state index contributed by atoms with van der Waals surface area (Å²) in [6.45, 7) is 4.16. The van der Waals surface area contributed by atoms with E-state index < -0.39 is 5.41 Å². The maximum Gasteiger partial charge on any atom is 0.233 e. The molecule has 1 fully saturated rings. The Kier molecular flexibility index (Phi) is 6.76. The number of hydrogen-bond donors (Lipinski definition) is 2. The third-order valence-corrected chi connectivity index (χ3v) is 4.59. The van der Waals surface area contributed by atoms with E-state index in [0.29, 0.717) is 11.0 Å².